The Morgan fingerprint density at radius 2 is 0.836 bits per heavy atom. The van der Waals surface area contributed by atoms with Gasteiger partial charge in [0.2, 0.25) is 0 Å². The Bertz CT molecular complexity index is 3420. The molecule has 254 valence electrons. The van der Waals surface area contributed by atoms with Crippen LogP contribution in [0.5, 0.6) is 0 Å². The standard InChI is InChI=1S/C50H29N5/c51-30-32-25-35(33-11-9-13-36(27-33)54-47-21-8-4-17-42(47)50-34(31-52)12-10-22-49(50)54)28-38(26-32)55-46-20-7-3-16-41(46)43-29-37(23-24-48(43)55)53-44-18-5-1-14-39(44)40-15-2-6-19-45(40)53/h1-29H. The largest absolute Gasteiger partial charge is 0.309 e. The van der Waals surface area contributed by atoms with Crippen LogP contribution in [0.2, 0.25) is 0 Å². The molecule has 0 aliphatic rings. The van der Waals surface area contributed by atoms with Crippen molar-refractivity contribution in [1.29, 1.82) is 10.5 Å². The second kappa shape index (κ2) is 11.8. The lowest BCUT2D eigenvalue weighted by atomic mass is 10.0. The van der Waals surface area contributed by atoms with Crippen LogP contribution in [0.15, 0.2) is 176 Å². The molecule has 11 rings (SSSR count). The monoisotopic (exact) mass is 699 g/mol. The summed E-state index contributed by atoms with van der Waals surface area (Å²) in [6.45, 7) is 0. The molecule has 3 heterocycles. The Hall–Kier alpha value is -7.86. The quantitative estimate of drug-likeness (QED) is 0.184. The summed E-state index contributed by atoms with van der Waals surface area (Å²) < 4.78 is 6.87. The van der Waals surface area contributed by atoms with Gasteiger partial charge in [-0.2, -0.15) is 10.5 Å². The average molecular weight is 700 g/mol. The number of hydrogen-bond donors (Lipinski definition) is 0. The molecule has 11 aromatic rings. The minimum atomic E-state index is 0.585. The summed E-state index contributed by atoms with van der Waals surface area (Å²) in [6, 6.07) is 66.0. The van der Waals surface area contributed by atoms with Crippen molar-refractivity contribution in [1.82, 2.24) is 13.7 Å². The number of benzene rings is 8. The first kappa shape index (κ1) is 30.7. The van der Waals surface area contributed by atoms with E-state index in [0.29, 0.717) is 11.1 Å². The van der Waals surface area contributed by atoms with Gasteiger partial charge < -0.3 is 13.7 Å². The van der Waals surface area contributed by atoms with Crippen molar-refractivity contribution in [2.45, 2.75) is 0 Å². The van der Waals surface area contributed by atoms with Crippen LogP contribution >= 0.6 is 0 Å². The van der Waals surface area contributed by atoms with E-state index in [9.17, 15) is 10.5 Å². The normalized spacial score (nSPS) is 11.6. The van der Waals surface area contributed by atoms with Crippen LogP contribution < -0.4 is 0 Å². The van der Waals surface area contributed by atoms with E-state index in [1.54, 1.807) is 0 Å². The van der Waals surface area contributed by atoms with Crippen LogP contribution in [0.3, 0.4) is 0 Å². The maximum atomic E-state index is 10.4. The zero-order valence-corrected chi connectivity index (χ0v) is 29.5. The van der Waals surface area contributed by atoms with Gasteiger partial charge in [-0.3, -0.25) is 0 Å². The van der Waals surface area contributed by atoms with Gasteiger partial charge in [0.1, 0.15) is 0 Å². The maximum absolute atomic E-state index is 10.4. The maximum Gasteiger partial charge on any atom is 0.0998 e. The van der Waals surface area contributed by atoms with Crippen molar-refractivity contribution in [3.63, 3.8) is 0 Å². The minimum Gasteiger partial charge on any atom is -0.309 e. The molecule has 0 spiro atoms. The zero-order valence-electron chi connectivity index (χ0n) is 29.5. The van der Waals surface area contributed by atoms with E-state index in [2.05, 4.69) is 165 Å². The highest BCUT2D eigenvalue weighted by molar-refractivity contribution is 6.13. The molecule has 3 aromatic heterocycles. The summed E-state index contributed by atoms with van der Waals surface area (Å²) in [7, 11) is 0. The van der Waals surface area contributed by atoms with Gasteiger partial charge >= 0.3 is 0 Å². The minimum absolute atomic E-state index is 0.585. The average Bonchev–Trinajstić information content (AvgIpc) is 3.89. The van der Waals surface area contributed by atoms with E-state index >= 15 is 0 Å². The van der Waals surface area contributed by atoms with Gasteiger partial charge in [0.25, 0.3) is 0 Å². The second-order valence-electron chi connectivity index (χ2n) is 14.0. The van der Waals surface area contributed by atoms with Crippen LogP contribution in [0.25, 0.3) is 93.6 Å². The first-order valence-electron chi connectivity index (χ1n) is 18.3. The Balaban J connectivity index is 1.10. The van der Waals surface area contributed by atoms with E-state index in [0.717, 1.165) is 71.8 Å². The molecule has 5 heteroatoms. The fourth-order valence-corrected chi connectivity index (χ4v) is 8.77. The lowest BCUT2D eigenvalue weighted by molar-refractivity contribution is 1.16. The van der Waals surface area contributed by atoms with Crippen LogP contribution in [-0.2, 0) is 0 Å². The number of nitrogens with zero attached hydrogens (tertiary/aromatic N) is 5. The van der Waals surface area contributed by atoms with Crippen molar-refractivity contribution in [3.8, 4) is 40.3 Å². The Morgan fingerprint density at radius 1 is 0.327 bits per heavy atom. The van der Waals surface area contributed by atoms with Crippen molar-refractivity contribution in [2.75, 3.05) is 0 Å². The second-order valence-corrected chi connectivity index (χ2v) is 14.0. The summed E-state index contributed by atoms with van der Waals surface area (Å²) >= 11 is 0. The molecule has 5 nitrogen and oxygen atoms in total. The van der Waals surface area contributed by atoms with Gasteiger partial charge in [0, 0.05) is 49.4 Å². The lowest BCUT2D eigenvalue weighted by Gasteiger charge is -2.14. The van der Waals surface area contributed by atoms with E-state index in [1.807, 2.05) is 36.4 Å². The number of para-hydroxylation sites is 4. The summed E-state index contributed by atoms with van der Waals surface area (Å²) in [5, 5.41) is 27.1. The highest BCUT2D eigenvalue weighted by atomic mass is 15.0. The molecule has 0 amide bonds. The third-order valence-electron chi connectivity index (χ3n) is 11.1. The Morgan fingerprint density at radius 3 is 1.51 bits per heavy atom. The van der Waals surface area contributed by atoms with Crippen molar-refractivity contribution >= 4 is 65.4 Å². The molecule has 55 heavy (non-hydrogen) atoms. The van der Waals surface area contributed by atoms with Crippen LogP contribution in [-0.4, -0.2) is 13.7 Å². The number of fused-ring (bicyclic) bond motifs is 9. The molecule has 0 bridgehead atoms. The van der Waals surface area contributed by atoms with E-state index in [-0.39, 0.29) is 0 Å². The van der Waals surface area contributed by atoms with Gasteiger partial charge in [0.05, 0.1) is 56.4 Å². The number of nitriles is 2. The number of aromatic nitrogens is 3. The highest BCUT2D eigenvalue weighted by Crippen LogP contribution is 2.39. The molecule has 0 aliphatic heterocycles. The van der Waals surface area contributed by atoms with Crippen molar-refractivity contribution < 1.29 is 0 Å². The SMILES string of the molecule is N#Cc1cc(-c2cccc(-n3c4ccccc4c4c(C#N)cccc43)c2)cc(-n2c3ccccc3c3cc(-n4c5ccccc5c5ccccc54)ccc32)c1. The smallest absolute Gasteiger partial charge is 0.0998 e. The van der Waals surface area contributed by atoms with E-state index < -0.39 is 0 Å². The van der Waals surface area contributed by atoms with Crippen LogP contribution in [0.4, 0.5) is 0 Å². The van der Waals surface area contributed by atoms with Gasteiger partial charge in [-0.05, 0) is 96.1 Å². The molecule has 0 N–H and O–H groups in total. The first-order valence-corrected chi connectivity index (χ1v) is 18.3. The first-order chi connectivity index (χ1) is 27.2. The van der Waals surface area contributed by atoms with Gasteiger partial charge in [-0.1, -0.05) is 91.0 Å². The number of hydrogen-bond acceptors (Lipinski definition) is 2. The third-order valence-corrected chi connectivity index (χ3v) is 11.1. The summed E-state index contributed by atoms with van der Waals surface area (Å²) in [6.07, 6.45) is 0. The predicted octanol–water partition coefficient (Wildman–Crippen LogP) is 12.4. The third kappa shape index (κ3) is 4.51. The van der Waals surface area contributed by atoms with Crippen molar-refractivity contribution in [3.05, 3.63) is 187 Å². The predicted molar refractivity (Wildman–Crippen MR) is 224 cm³/mol. The van der Waals surface area contributed by atoms with Gasteiger partial charge in [-0.25, -0.2) is 0 Å². The molecule has 0 fully saturated rings. The molecule has 0 saturated carbocycles. The van der Waals surface area contributed by atoms with Gasteiger partial charge in [0.15, 0.2) is 0 Å². The fourth-order valence-electron chi connectivity index (χ4n) is 8.77. The summed E-state index contributed by atoms with van der Waals surface area (Å²) in [4.78, 5) is 0. The molecule has 0 unspecified atom stereocenters. The van der Waals surface area contributed by atoms with Crippen LogP contribution in [0, 0.1) is 22.7 Å². The molecule has 0 atom stereocenters. The zero-order chi connectivity index (χ0) is 36.6. The molecule has 8 aromatic carbocycles. The summed E-state index contributed by atoms with van der Waals surface area (Å²) in [5.41, 5.74) is 12.7. The highest BCUT2D eigenvalue weighted by Gasteiger charge is 2.19. The van der Waals surface area contributed by atoms with E-state index in [1.165, 1.54) is 21.8 Å². The fraction of sp³-hybridized carbons (Fsp3) is 0. The molecular formula is C50H29N5. The van der Waals surface area contributed by atoms with Crippen molar-refractivity contribution in [2.24, 2.45) is 0 Å². The lowest BCUT2D eigenvalue weighted by Crippen LogP contribution is -1.98. The molecule has 0 aliphatic carbocycles. The van der Waals surface area contributed by atoms with E-state index in [4.69, 9.17) is 0 Å². The van der Waals surface area contributed by atoms with Gasteiger partial charge in [-0.15, -0.1) is 0 Å². The Labute approximate surface area is 316 Å². The molecular weight excluding hydrogens is 671 g/mol. The molecule has 0 radical (unpaired) electrons. The van der Waals surface area contributed by atoms with Crippen LogP contribution in [0.1, 0.15) is 11.1 Å². The Kier molecular flexibility index (Phi) is 6.61. The number of rotatable bonds is 4. The topological polar surface area (TPSA) is 62.4 Å². The molecule has 0 saturated heterocycles. The summed E-state index contributed by atoms with van der Waals surface area (Å²) in [5.74, 6) is 0.